The zero-order chi connectivity index (χ0) is 22.1. The lowest BCUT2D eigenvalue weighted by molar-refractivity contribution is 0.0954. The van der Waals surface area contributed by atoms with Crippen LogP contribution in [0.15, 0.2) is 77.8 Å². The van der Waals surface area contributed by atoms with Crippen molar-refractivity contribution in [2.24, 2.45) is 0 Å². The van der Waals surface area contributed by atoms with Gasteiger partial charge in [-0.1, -0.05) is 36.4 Å². The van der Waals surface area contributed by atoms with E-state index in [9.17, 15) is 13.2 Å². The molecule has 3 aromatic rings. The van der Waals surface area contributed by atoms with Crippen molar-refractivity contribution in [3.63, 3.8) is 0 Å². The number of aromatic nitrogens is 1. The summed E-state index contributed by atoms with van der Waals surface area (Å²) >= 11 is 0. The first-order chi connectivity index (χ1) is 15.0. The molecule has 1 aromatic heterocycles. The van der Waals surface area contributed by atoms with Gasteiger partial charge in [0.2, 0.25) is 10.0 Å². The average molecular weight is 440 g/mol. The lowest BCUT2D eigenvalue weighted by Gasteiger charge is -2.13. The molecule has 0 aliphatic heterocycles. The minimum atomic E-state index is -3.88. The molecule has 0 saturated carbocycles. The Balaban J connectivity index is 1.66. The molecular formula is C23H25N3O4S. The highest BCUT2D eigenvalue weighted by Gasteiger charge is 2.21. The summed E-state index contributed by atoms with van der Waals surface area (Å²) in [4.78, 5) is 16.6. The number of hydrogen-bond donors (Lipinski definition) is 2. The summed E-state index contributed by atoms with van der Waals surface area (Å²) in [6.07, 6.45) is 2.79. The molecule has 0 radical (unpaired) electrons. The lowest BCUT2D eigenvalue weighted by Crippen LogP contribution is -2.28. The van der Waals surface area contributed by atoms with Gasteiger partial charge in [0, 0.05) is 37.0 Å². The van der Waals surface area contributed by atoms with Crippen molar-refractivity contribution in [3.05, 3.63) is 89.7 Å². The van der Waals surface area contributed by atoms with E-state index in [-0.39, 0.29) is 28.7 Å². The zero-order valence-corrected chi connectivity index (χ0v) is 18.1. The van der Waals surface area contributed by atoms with Crippen molar-refractivity contribution in [1.29, 1.82) is 0 Å². The maximum Gasteiger partial charge on any atom is 0.251 e. The molecule has 0 unspecified atom stereocenters. The molecule has 0 atom stereocenters. The lowest BCUT2D eigenvalue weighted by atomic mass is 10.1. The van der Waals surface area contributed by atoms with Crippen LogP contribution in [-0.4, -0.2) is 39.5 Å². The molecule has 1 amide bonds. The number of carbonyl (C=O) groups excluding carboxylic acids is 1. The molecule has 31 heavy (non-hydrogen) atoms. The van der Waals surface area contributed by atoms with Gasteiger partial charge < -0.3 is 10.1 Å². The van der Waals surface area contributed by atoms with Crippen molar-refractivity contribution in [1.82, 2.24) is 15.0 Å². The van der Waals surface area contributed by atoms with Crippen LogP contribution in [0.3, 0.4) is 0 Å². The van der Waals surface area contributed by atoms with Crippen molar-refractivity contribution in [2.75, 3.05) is 20.2 Å². The van der Waals surface area contributed by atoms with Crippen molar-refractivity contribution >= 4 is 15.9 Å². The van der Waals surface area contributed by atoms with Crippen LogP contribution >= 0.6 is 0 Å². The second-order valence-corrected chi connectivity index (χ2v) is 8.56. The van der Waals surface area contributed by atoms with Gasteiger partial charge in [-0.3, -0.25) is 9.78 Å². The number of sulfonamides is 1. The Morgan fingerprint density at radius 1 is 0.968 bits per heavy atom. The predicted octanol–water partition coefficient (Wildman–Crippen LogP) is 2.58. The first kappa shape index (κ1) is 22.5. The summed E-state index contributed by atoms with van der Waals surface area (Å²) < 4.78 is 33.4. The Labute approximate surface area is 182 Å². The van der Waals surface area contributed by atoms with Crippen LogP contribution in [0, 0.1) is 0 Å². The topological polar surface area (TPSA) is 97.4 Å². The highest BCUT2D eigenvalue weighted by molar-refractivity contribution is 7.89. The maximum atomic E-state index is 12.8. The van der Waals surface area contributed by atoms with Gasteiger partial charge in [-0.05, 0) is 42.3 Å². The standard InChI is InChI=1S/C23H25N3O4S/c1-30-21-11-10-19(23(27)25-15-12-18-7-3-2-4-8-18)17-22(21)31(28,29)26-16-13-20-9-5-6-14-24-20/h2-11,14,17,26H,12-13,15-16H2,1H3,(H,25,27). The fraction of sp³-hybridized carbons (Fsp3) is 0.217. The Bertz CT molecular complexity index is 1100. The van der Waals surface area contributed by atoms with E-state index in [4.69, 9.17) is 4.74 Å². The molecule has 7 nitrogen and oxygen atoms in total. The number of carbonyl (C=O) groups is 1. The molecule has 0 spiro atoms. The Morgan fingerprint density at radius 3 is 2.45 bits per heavy atom. The Kier molecular flexibility index (Phi) is 7.75. The van der Waals surface area contributed by atoms with E-state index >= 15 is 0 Å². The number of methoxy groups -OCH3 is 1. The molecule has 2 aromatic carbocycles. The summed E-state index contributed by atoms with van der Waals surface area (Å²) in [5.41, 5.74) is 2.14. The minimum Gasteiger partial charge on any atom is -0.495 e. The van der Waals surface area contributed by atoms with Crippen LogP contribution in [0.4, 0.5) is 0 Å². The summed E-state index contributed by atoms with van der Waals surface area (Å²) in [7, 11) is -2.48. The van der Waals surface area contributed by atoms with E-state index in [1.54, 1.807) is 18.3 Å². The first-order valence-electron chi connectivity index (χ1n) is 9.89. The molecule has 0 saturated heterocycles. The smallest absolute Gasteiger partial charge is 0.251 e. The Morgan fingerprint density at radius 2 is 1.74 bits per heavy atom. The monoisotopic (exact) mass is 439 g/mol. The highest BCUT2D eigenvalue weighted by Crippen LogP contribution is 2.25. The molecule has 2 N–H and O–H groups in total. The average Bonchev–Trinajstić information content (AvgIpc) is 2.80. The number of rotatable bonds is 10. The summed E-state index contributed by atoms with van der Waals surface area (Å²) in [5, 5.41) is 2.83. The fourth-order valence-corrected chi connectivity index (χ4v) is 4.26. The highest BCUT2D eigenvalue weighted by atomic mass is 32.2. The third-order valence-corrected chi connectivity index (χ3v) is 6.14. The maximum absolute atomic E-state index is 12.8. The van der Waals surface area contributed by atoms with E-state index in [2.05, 4.69) is 15.0 Å². The van der Waals surface area contributed by atoms with Gasteiger partial charge in [0.25, 0.3) is 5.91 Å². The van der Waals surface area contributed by atoms with Gasteiger partial charge in [-0.2, -0.15) is 0 Å². The molecule has 162 valence electrons. The third kappa shape index (κ3) is 6.37. The Hall–Kier alpha value is -3.23. The number of ether oxygens (including phenoxy) is 1. The number of amides is 1. The first-order valence-corrected chi connectivity index (χ1v) is 11.4. The molecule has 0 bridgehead atoms. The molecule has 0 aliphatic rings. The number of pyridine rings is 1. The van der Waals surface area contributed by atoms with Gasteiger partial charge >= 0.3 is 0 Å². The minimum absolute atomic E-state index is 0.0771. The number of hydrogen-bond acceptors (Lipinski definition) is 5. The predicted molar refractivity (Wildman–Crippen MR) is 119 cm³/mol. The van der Waals surface area contributed by atoms with E-state index in [0.717, 1.165) is 11.3 Å². The van der Waals surface area contributed by atoms with Crippen LogP contribution in [-0.2, 0) is 22.9 Å². The van der Waals surface area contributed by atoms with Crippen LogP contribution in [0.5, 0.6) is 5.75 Å². The van der Waals surface area contributed by atoms with Crippen molar-refractivity contribution in [2.45, 2.75) is 17.7 Å². The van der Waals surface area contributed by atoms with E-state index in [1.807, 2.05) is 42.5 Å². The normalized spacial score (nSPS) is 11.1. The molecule has 8 heteroatoms. The number of nitrogens with zero attached hydrogens (tertiary/aromatic N) is 1. The van der Waals surface area contributed by atoms with Crippen molar-refractivity contribution < 1.29 is 17.9 Å². The second kappa shape index (κ2) is 10.7. The summed E-state index contributed by atoms with van der Waals surface area (Å²) in [6.45, 7) is 0.620. The van der Waals surface area contributed by atoms with E-state index in [0.29, 0.717) is 19.4 Å². The quantitative estimate of drug-likeness (QED) is 0.506. The number of nitrogens with one attached hydrogen (secondary N) is 2. The molecule has 0 aliphatic carbocycles. The van der Waals surface area contributed by atoms with Crippen LogP contribution < -0.4 is 14.8 Å². The molecule has 0 fully saturated rings. The third-order valence-electron chi connectivity index (χ3n) is 4.66. The molecule has 1 heterocycles. The fourth-order valence-electron chi connectivity index (χ4n) is 3.03. The summed E-state index contributed by atoms with van der Waals surface area (Å²) in [5.74, 6) is -0.172. The van der Waals surface area contributed by atoms with Gasteiger partial charge in [0.05, 0.1) is 7.11 Å². The largest absolute Gasteiger partial charge is 0.495 e. The van der Waals surface area contributed by atoms with Gasteiger partial charge in [0.1, 0.15) is 10.6 Å². The zero-order valence-electron chi connectivity index (χ0n) is 17.2. The number of benzene rings is 2. The molecular weight excluding hydrogens is 414 g/mol. The van der Waals surface area contributed by atoms with Gasteiger partial charge in [-0.25, -0.2) is 13.1 Å². The van der Waals surface area contributed by atoms with Crippen LogP contribution in [0.25, 0.3) is 0 Å². The summed E-state index contributed by atoms with van der Waals surface area (Å²) in [6, 6.07) is 19.6. The molecule has 3 rings (SSSR count). The second-order valence-electron chi connectivity index (χ2n) is 6.83. The van der Waals surface area contributed by atoms with E-state index in [1.165, 1.54) is 19.2 Å². The van der Waals surface area contributed by atoms with Crippen LogP contribution in [0.1, 0.15) is 21.6 Å². The van der Waals surface area contributed by atoms with Gasteiger partial charge in [-0.15, -0.1) is 0 Å². The van der Waals surface area contributed by atoms with Crippen molar-refractivity contribution in [3.8, 4) is 5.75 Å². The van der Waals surface area contributed by atoms with E-state index < -0.39 is 10.0 Å². The van der Waals surface area contributed by atoms with Gasteiger partial charge in [0.15, 0.2) is 0 Å². The SMILES string of the molecule is COc1ccc(C(=O)NCCc2ccccc2)cc1S(=O)(=O)NCCc1ccccn1. The van der Waals surface area contributed by atoms with Crippen LogP contribution in [0.2, 0.25) is 0 Å².